The Hall–Kier alpha value is -1.58. The van der Waals surface area contributed by atoms with E-state index in [-0.39, 0.29) is 0 Å². The summed E-state index contributed by atoms with van der Waals surface area (Å²) in [4.78, 5) is 17.9. The molecule has 1 saturated heterocycles. The Labute approximate surface area is 108 Å². The van der Waals surface area contributed by atoms with Crippen molar-refractivity contribution >= 4 is 11.7 Å². The number of carboxylic acids is 1. The van der Waals surface area contributed by atoms with E-state index in [1.807, 2.05) is 13.0 Å². The molecule has 0 bridgehead atoms. The Morgan fingerprint density at radius 1 is 1.44 bits per heavy atom. The highest BCUT2D eigenvalue weighted by Crippen LogP contribution is 2.32. The molecular weight excluding hydrogens is 228 g/mol. The van der Waals surface area contributed by atoms with Crippen LogP contribution in [0.3, 0.4) is 0 Å². The normalized spacial score (nSPS) is 23.4. The van der Waals surface area contributed by atoms with E-state index in [0.717, 1.165) is 24.3 Å². The topological polar surface area (TPSA) is 53.4 Å². The number of carboxylic acid groups (broad SMARTS) is 1. The number of anilines is 1. The lowest BCUT2D eigenvalue weighted by Crippen LogP contribution is -2.29. The molecule has 2 rings (SSSR count). The van der Waals surface area contributed by atoms with Crippen LogP contribution < -0.4 is 4.90 Å². The number of hydrogen-bond donors (Lipinski definition) is 1. The summed E-state index contributed by atoms with van der Waals surface area (Å²) in [7, 11) is 0. The van der Waals surface area contributed by atoms with Gasteiger partial charge in [0.25, 0.3) is 0 Å². The highest BCUT2D eigenvalue weighted by atomic mass is 16.4. The van der Waals surface area contributed by atoms with Crippen molar-refractivity contribution in [1.82, 2.24) is 4.98 Å². The Balaban J connectivity index is 2.52. The van der Waals surface area contributed by atoms with E-state index in [4.69, 9.17) is 0 Å². The van der Waals surface area contributed by atoms with Crippen LogP contribution in [0.15, 0.2) is 6.07 Å². The maximum atomic E-state index is 11.4. The van der Waals surface area contributed by atoms with Crippen LogP contribution in [0.25, 0.3) is 0 Å². The van der Waals surface area contributed by atoms with E-state index < -0.39 is 5.97 Å². The molecule has 2 atom stereocenters. The predicted molar refractivity (Wildman–Crippen MR) is 71.3 cm³/mol. The Morgan fingerprint density at radius 2 is 2.11 bits per heavy atom. The van der Waals surface area contributed by atoms with Crippen LogP contribution in [0.5, 0.6) is 0 Å². The first-order chi connectivity index (χ1) is 8.40. The highest BCUT2D eigenvalue weighted by Gasteiger charge is 2.30. The number of rotatable bonds is 2. The molecule has 1 aromatic rings. The fourth-order valence-electron chi connectivity index (χ4n) is 2.93. The van der Waals surface area contributed by atoms with Crippen molar-refractivity contribution in [1.29, 1.82) is 0 Å². The molecule has 1 fully saturated rings. The van der Waals surface area contributed by atoms with Crippen molar-refractivity contribution in [3.8, 4) is 0 Å². The van der Waals surface area contributed by atoms with Gasteiger partial charge < -0.3 is 10.0 Å². The number of aromatic carboxylic acids is 1. The summed E-state index contributed by atoms with van der Waals surface area (Å²) in [5, 5.41) is 9.38. The summed E-state index contributed by atoms with van der Waals surface area (Å²) < 4.78 is 0. The fourth-order valence-corrected chi connectivity index (χ4v) is 2.93. The second kappa shape index (κ2) is 4.59. The van der Waals surface area contributed by atoms with E-state index in [2.05, 4.69) is 23.7 Å². The lowest BCUT2D eigenvalue weighted by Gasteiger charge is -2.26. The summed E-state index contributed by atoms with van der Waals surface area (Å²) in [6.07, 6.45) is 1.11. The summed E-state index contributed by atoms with van der Waals surface area (Å²) in [6, 6.07) is 2.28. The van der Waals surface area contributed by atoms with Gasteiger partial charge in [-0.3, -0.25) is 4.98 Å². The summed E-state index contributed by atoms with van der Waals surface area (Å²) in [5.41, 5.74) is 2.65. The first-order valence-corrected chi connectivity index (χ1v) is 6.38. The smallest absolute Gasteiger partial charge is 0.339 e. The molecule has 4 nitrogen and oxygen atoms in total. The van der Waals surface area contributed by atoms with Gasteiger partial charge in [-0.15, -0.1) is 0 Å². The molecule has 2 heterocycles. The van der Waals surface area contributed by atoms with Gasteiger partial charge in [0, 0.05) is 18.3 Å². The van der Waals surface area contributed by atoms with E-state index in [9.17, 15) is 9.90 Å². The number of pyridine rings is 1. The van der Waals surface area contributed by atoms with Gasteiger partial charge in [0.1, 0.15) is 5.56 Å². The molecule has 0 aliphatic carbocycles. The van der Waals surface area contributed by atoms with E-state index in [1.54, 1.807) is 6.92 Å². The van der Waals surface area contributed by atoms with Crippen LogP contribution in [0.2, 0.25) is 0 Å². The van der Waals surface area contributed by atoms with Crippen molar-refractivity contribution in [3.63, 3.8) is 0 Å². The second-order valence-corrected chi connectivity index (χ2v) is 5.39. The minimum absolute atomic E-state index is 0.349. The van der Waals surface area contributed by atoms with Crippen LogP contribution >= 0.6 is 0 Å². The number of nitrogens with zero attached hydrogens (tertiary/aromatic N) is 2. The molecule has 98 valence electrons. The zero-order valence-corrected chi connectivity index (χ0v) is 11.4. The lowest BCUT2D eigenvalue weighted by molar-refractivity contribution is 0.0696. The van der Waals surface area contributed by atoms with E-state index in [1.165, 1.54) is 0 Å². The van der Waals surface area contributed by atoms with Crippen LogP contribution in [0, 0.1) is 19.8 Å². The van der Waals surface area contributed by atoms with Crippen molar-refractivity contribution < 1.29 is 9.90 Å². The Kier molecular flexibility index (Phi) is 3.28. The Morgan fingerprint density at radius 3 is 2.61 bits per heavy atom. The number of aromatic nitrogens is 1. The van der Waals surface area contributed by atoms with Crippen LogP contribution in [-0.4, -0.2) is 28.6 Å². The maximum absolute atomic E-state index is 11.4. The van der Waals surface area contributed by atoms with Gasteiger partial charge in [-0.05, 0) is 39.2 Å². The van der Waals surface area contributed by atoms with Crippen LogP contribution in [0.1, 0.15) is 42.0 Å². The third kappa shape index (κ3) is 2.19. The summed E-state index contributed by atoms with van der Waals surface area (Å²) in [5.74, 6) is -0.280. The SMILES string of the molecule is Cc1cc(N2CC(C)CC2C)c(C(=O)O)c(C)n1. The van der Waals surface area contributed by atoms with Crippen molar-refractivity contribution in [3.05, 3.63) is 23.0 Å². The van der Waals surface area contributed by atoms with Crippen LogP contribution in [-0.2, 0) is 0 Å². The van der Waals surface area contributed by atoms with Gasteiger partial charge in [0.2, 0.25) is 0 Å². The molecule has 0 saturated carbocycles. The molecule has 0 amide bonds. The molecule has 0 aromatic carbocycles. The molecule has 4 heteroatoms. The van der Waals surface area contributed by atoms with Crippen molar-refractivity contribution in [2.45, 2.75) is 40.2 Å². The number of hydrogen-bond acceptors (Lipinski definition) is 3. The number of aryl methyl sites for hydroxylation is 2. The summed E-state index contributed by atoms with van der Waals surface area (Å²) >= 11 is 0. The van der Waals surface area contributed by atoms with Gasteiger partial charge in [0.15, 0.2) is 0 Å². The van der Waals surface area contributed by atoms with Crippen molar-refractivity contribution in [2.75, 3.05) is 11.4 Å². The second-order valence-electron chi connectivity index (χ2n) is 5.39. The molecule has 0 radical (unpaired) electrons. The molecule has 1 aliphatic rings. The first kappa shape index (κ1) is 12.9. The maximum Gasteiger partial charge on any atom is 0.339 e. The zero-order valence-electron chi connectivity index (χ0n) is 11.4. The van der Waals surface area contributed by atoms with E-state index >= 15 is 0 Å². The quantitative estimate of drug-likeness (QED) is 0.874. The van der Waals surface area contributed by atoms with Crippen molar-refractivity contribution in [2.24, 2.45) is 5.92 Å². The molecular formula is C14H20N2O2. The molecule has 18 heavy (non-hydrogen) atoms. The molecule has 1 aliphatic heterocycles. The third-order valence-corrected chi connectivity index (χ3v) is 3.61. The number of carbonyl (C=O) groups is 1. The standard InChI is InChI=1S/C14H20N2O2/c1-8-5-10(3)16(7-8)12-6-9(2)15-11(4)13(12)14(17)18/h6,8,10H,5,7H2,1-4H3,(H,17,18). The monoisotopic (exact) mass is 248 g/mol. The molecule has 0 spiro atoms. The first-order valence-electron chi connectivity index (χ1n) is 6.38. The largest absolute Gasteiger partial charge is 0.478 e. The lowest BCUT2D eigenvalue weighted by atomic mass is 10.1. The summed E-state index contributed by atoms with van der Waals surface area (Å²) in [6.45, 7) is 8.96. The molecule has 1 N–H and O–H groups in total. The molecule has 2 unspecified atom stereocenters. The van der Waals surface area contributed by atoms with Gasteiger partial charge in [-0.25, -0.2) is 4.79 Å². The highest BCUT2D eigenvalue weighted by molar-refractivity contribution is 5.95. The van der Waals surface area contributed by atoms with Gasteiger partial charge >= 0.3 is 5.97 Å². The minimum Gasteiger partial charge on any atom is -0.478 e. The zero-order chi connectivity index (χ0) is 13.4. The van der Waals surface area contributed by atoms with E-state index in [0.29, 0.717) is 23.2 Å². The molecule has 1 aromatic heterocycles. The average Bonchev–Trinajstić information content (AvgIpc) is 2.55. The third-order valence-electron chi connectivity index (χ3n) is 3.61. The predicted octanol–water partition coefficient (Wildman–Crippen LogP) is 2.63. The Bertz CT molecular complexity index is 485. The van der Waals surface area contributed by atoms with Crippen LogP contribution in [0.4, 0.5) is 5.69 Å². The minimum atomic E-state index is -0.887. The fraction of sp³-hybridized carbons (Fsp3) is 0.571. The van der Waals surface area contributed by atoms with Gasteiger partial charge in [0.05, 0.1) is 11.4 Å². The van der Waals surface area contributed by atoms with Gasteiger partial charge in [-0.2, -0.15) is 0 Å². The van der Waals surface area contributed by atoms with Gasteiger partial charge in [-0.1, -0.05) is 6.92 Å². The average molecular weight is 248 g/mol.